The highest BCUT2D eigenvalue weighted by molar-refractivity contribution is 6.07. The molecule has 0 bridgehead atoms. The van der Waals surface area contributed by atoms with Crippen molar-refractivity contribution in [3.05, 3.63) is 63.8 Å². The number of ketones is 1. The van der Waals surface area contributed by atoms with Crippen LogP contribution in [0.25, 0.3) is 0 Å². The topological polar surface area (TPSA) is 107 Å². The molecule has 1 aliphatic heterocycles. The molecule has 3 rings (SSSR count). The average Bonchev–Trinajstić information content (AvgIpc) is 2.72. The van der Waals surface area contributed by atoms with Gasteiger partial charge in [-0.15, -0.1) is 0 Å². The Morgan fingerprint density at radius 2 is 1.75 bits per heavy atom. The lowest BCUT2D eigenvalue weighted by Gasteiger charge is -2.26. The molecule has 1 unspecified atom stereocenters. The number of carbonyl (C=O) groups is 1. The summed E-state index contributed by atoms with van der Waals surface area (Å²) < 4.78 is 5.63. The van der Waals surface area contributed by atoms with Crippen LogP contribution in [0.5, 0.6) is 28.7 Å². The molecule has 1 atom stereocenters. The summed E-state index contributed by atoms with van der Waals surface area (Å²) in [4.78, 5) is 13.2. The van der Waals surface area contributed by atoms with Gasteiger partial charge in [-0.2, -0.15) is 0 Å². The Bertz CT molecular complexity index is 1110. The van der Waals surface area contributed by atoms with Crippen LogP contribution in [-0.2, 0) is 6.42 Å². The first-order valence-electron chi connectivity index (χ1n) is 10.7. The maximum atomic E-state index is 13.2. The van der Waals surface area contributed by atoms with Crippen LogP contribution in [0.2, 0.25) is 0 Å². The van der Waals surface area contributed by atoms with Crippen molar-refractivity contribution in [3.8, 4) is 28.7 Å². The van der Waals surface area contributed by atoms with Crippen molar-refractivity contribution >= 4 is 5.78 Å². The van der Waals surface area contributed by atoms with Gasteiger partial charge in [0.1, 0.15) is 40.9 Å². The zero-order valence-corrected chi connectivity index (χ0v) is 18.9. The second-order valence-corrected chi connectivity index (χ2v) is 8.58. The summed E-state index contributed by atoms with van der Waals surface area (Å²) in [5, 5.41) is 41.1. The van der Waals surface area contributed by atoms with E-state index in [0.29, 0.717) is 17.5 Å². The fourth-order valence-electron chi connectivity index (χ4n) is 3.79. The lowest BCUT2D eigenvalue weighted by Crippen LogP contribution is -2.26. The van der Waals surface area contributed by atoms with Crippen molar-refractivity contribution in [2.75, 3.05) is 6.61 Å². The van der Waals surface area contributed by atoms with E-state index in [1.165, 1.54) is 30.2 Å². The Balaban J connectivity index is 1.89. The first-order valence-corrected chi connectivity index (χ1v) is 10.7. The molecule has 2 aromatic rings. The fourth-order valence-corrected chi connectivity index (χ4v) is 3.79. The van der Waals surface area contributed by atoms with E-state index in [4.69, 9.17) is 4.74 Å². The van der Waals surface area contributed by atoms with Crippen LogP contribution in [0.15, 0.2) is 41.5 Å². The summed E-state index contributed by atoms with van der Waals surface area (Å²) in [7, 11) is 0. The van der Waals surface area contributed by atoms with Gasteiger partial charge in [0.15, 0.2) is 5.78 Å². The zero-order chi connectivity index (χ0) is 23.6. The highest BCUT2D eigenvalue weighted by Crippen LogP contribution is 2.44. The molecule has 2 aromatic carbocycles. The predicted molar refractivity (Wildman–Crippen MR) is 123 cm³/mol. The first-order chi connectivity index (χ1) is 15.1. The number of allylic oxidation sites excluding steroid dienone is 4. The highest BCUT2D eigenvalue weighted by atomic mass is 16.5. The molecule has 4 N–H and O–H groups in total. The van der Waals surface area contributed by atoms with Gasteiger partial charge in [-0.1, -0.05) is 23.3 Å². The molecule has 6 heteroatoms. The normalized spacial score (nSPS) is 15.8. The van der Waals surface area contributed by atoms with Crippen LogP contribution >= 0.6 is 0 Å². The number of rotatable bonds is 6. The molecule has 0 aromatic heterocycles. The summed E-state index contributed by atoms with van der Waals surface area (Å²) in [5.74, 6) is -1.90. The van der Waals surface area contributed by atoms with Crippen LogP contribution in [0, 0.1) is 6.92 Å². The van der Waals surface area contributed by atoms with Gasteiger partial charge >= 0.3 is 0 Å². The standard InChI is InChI=1S/C26H30O6/c1-14(2)6-5-7-15(3)8-9-17-10-18(22(29)11-21(17)28)19-13-32-23-12-20(27)16(4)25(30)24(23)26(19)31/h6,8,10-12,19,27-30H,5,7,9,13H2,1-4H3. The number of phenolic OH excluding ortho intramolecular Hbond substituents is 4. The number of Topliss-reactive ketones (excluding diaryl/α,β-unsaturated/α-hetero) is 1. The number of carbonyl (C=O) groups excluding carboxylic acids is 1. The number of phenols is 4. The number of aromatic hydroxyl groups is 4. The lowest BCUT2D eigenvalue weighted by atomic mass is 9.86. The second kappa shape index (κ2) is 9.39. The molecule has 0 spiro atoms. The van der Waals surface area contributed by atoms with Crippen LogP contribution in [0.3, 0.4) is 0 Å². The summed E-state index contributed by atoms with van der Waals surface area (Å²) >= 11 is 0. The minimum absolute atomic E-state index is 0.0133. The van der Waals surface area contributed by atoms with Gasteiger partial charge in [-0.3, -0.25) is 4.79 Å². The summed E-state index contributed by atoms with van der Waals surface area (Å²) in [6.45, 7) is 7.61. The van der Waals surface area contributed by atoms with Crippen LogP contribution < -0.4 is 4.74 Å². The molecule has 0 radical (unpaired) electrons. The van der Waals surface area contributed by atoms with Crippen molar-refractivity contribution in [3.63, 3.8) is 0 Å². The lowest BCUT2D eigenvalue weighted by molar-refractivity contribution is 0.0889. The van der Waals surface area contributed by atoms with Gasteiger partial charge in [-0.05, 0) is 58.6 Å². The Hall–Kier alpha value is -3.41. The SMILES string of the molecule is CC(C)=CCCC(C)=CCc1cc(C2COc3cc(O)c(C)c(O)c3C2=O)c(O)cc1O. The minimum atomic E-state index is -0.848. The summed E-state index contributed by atoms with van der Waals surface area (Å²) in [6, 6.07) is 4.16. The first kappa shape index (κ1) is 23.3. The Kier molecular flexibility index (Phi) is 6.82. The summed E-state index contributed by atoms with van der Waals surface area (Å²) in [5.41, 5.74) is 3.54. The van der Waals surface area contributed by atoms with Gasteiger partial charge < -0.3 is 25.2 Å². The van der Waals surface area contributed by atoms with E-state index in [-0.39, 0.29) is 46.5 Å². The molecule has 0 fully saturated rings. The third-order valence-electron chi connectivity index (χ3n) is 5.82. The van der Waals surface area contributed by atoms with Gasteiger partial charge in [0.25, 0.3) is 0 Å². The van der Waals surface area contributed by atoms with Crippen molar-refractivity contribution < 1.29 is 30.0 Å². The molecule has 170 valence electrons. The van der Waals surface area contributed by atoms with Crippen LogP contribution in [-0.4, -0.2) is 32.8 Å². The predicted octanol–water partition coefficient (Wildman–Crippen LogP) is 5.41. The highest BCUT2D eigenvalue weighted by Gasteiger charge is 2.35. The second-order valence-electron chi connectivity index (χ2n) is 8.58. The largest absolute Gasteiger partial charge is 0.508 e. The van der Waals surface area contributed by atoms with E-state index in [9.17, 15) is 25.2 Å². The van der Waals surface area contributed by atoms with E-state index in [1.807, 2.05) is 13.0 Å². The number of ether oxygens (including phenoxy) is 1. The fraction of sp³-hybridized carbons (Fsp3) is 0.346. The molecule has 32 heavy (non-hydrogen) atoms. The summed E-state index contributed by atoms with van der Waals surface area (Å²) in [6.07, 6.45) is 6.52. The molecule has 0 aliphatic carbocycles. The molecule has 1 aliphatic rings. The molecule has 0 saturated carbocycles. The Morgan fingerprint density at radius 3 is 2.44 bits per heavy atom. The van der Waals surface area contributed by atoms with Crippen molar-refractivity contribution in [1.29, 1.82) is 0 Å². The zero-order valence-electron chi connectivity index (χ0n) is 18.9. The monoisotopic (exact) mass is 438 g/mol. The van der Waals surface area contributed by atoms with Crippen LogP contribution in [0.1, 0.15) is 66.6 Å². The molecular formula is C26H30O6. The van der Waals surface area contributed by atoms with E-state index < -0.39 is 11.7 Å². The van der Waals surface area contributed by atoms with Crippen molar-refractivity contribution in [1.82, 2.24) is 0 Å². The van der Waals surface area contributed by atoms with E-state index in [2.05, 4.69) is 19.9 Å². The van der Waals surface area contributed by atoms with Gasteiger partial charge in [0.2, 0.25) is 0 Å². The molecule has 0 amide bonds. The van der Waals surface area contributed by atoms with Crippen molar-refractivity contribution in [2.45, 2.75) is 52.9 Å². The Labute approximate surface area is 188 Å². The van der Waals surface area contributed by atoms with E-state index in [1.54, 1.807) is 6.07 Å². The van der Waals surface area contributed by atoms with E-state index >= 15 is 0 Å². The third kappa shape index (κ3) is 4.74. The maximum Gasteiger partial charge on any atom is 0.181 e. The quantitative estimate of drug-likeness (QED) is 0.449. The van der Waals surface area contributed by atoms with Crippen LogP contribution in [0.4, 0.5) is 0 Å². The van der Waals surface area contributed by atoms with E-state index in [0.717, 1.165) is 12.8 Å². The number of benzene rings is 2. The molecule has 6 nitrogen and oxygen atoms in total. The smallest absolute Gasteiger partial charge is 0.181 e. The molecular weight excluding hydrogens is 408 g/mol. The minimum Gasteiger partial charge on any atom is -0.508 e. The number of fused-ring (bicyclic) bond motifs is 1. The van der Waals surface area contributed by atoms with Gasteiger partial charge in [-0.25, -0.2) is 0 Å². The number of hydrogen-bond acceptors (Lipinski definition) is 6. The van der Waals surface area contributed by atoms with Gasteiger partial charge in [0, 0.05) is 23.3 Å². The van der Waals surface area contributed by atoms with Crippen molar-refractivity contribution in [2.24, 2.45) is 0 Å². The average molecular weight is 439 g/mol. The number of hydrogen-bond donors (Lipinski definition) is 4. The Morgan fingerprint density at radius 1 is 1.03 bits per heavy atom. The maximum absolute atomic E-state index is 13.2. The third-order valence-corrected chi connectivity index (χ3v) is 5.82. The van der Waals surface area contributed by atoms with Gasteiger partial charge in [0.05, 0.1) is 5.92 Å². The molecule has 0 saturated heterocycles. The molecule has 1 heterocycles.